The van der Waals surface area contributed by atoms with Crippen molar-refractivity contribution >= 4 is 21.6 Å². The minimum absolute atomic E-state index is 0.113. The number of nitrogens with two attached hydrogens (primary N) is 1. The molecule has 2 N–H and O–H groups in total. The molecule has 1 unspecified atom stereocenters. The number of hydrogen-bond donors (Lipinski definition) is 1. The van der Waals surface area contributed by atoms with E-state index in [0.717, 1.165) is 23.0 Å². The van der Waals surface area contributed by atoms with Crippen molar-refractivity contribution in [2.75, 3.05) is 13.6 Å². The number of nitro benzene ring substituents is 1. The number of nitro groups is 1. The Morgan fingerprint density at radius 3 is 2.60 bits per heavy atom. The van der Waals surface area contributed by atoms with E-state index in [1.165, 1.54) is 6.07 Å². The Morgan fingerprint density at radius 2 is 2.05 bits per heavy atom. The Balaban J connectivity index is 2.61. The van der Waals surface area contributed by atoms with Gasteiger partial charge in [0.2, 0.25) is 0 Å². The van der Waals surface area contributed by atoms with Gasteiger partial charge in [-0.2, -0.15) is 0 Å². The Hall–Kier alpha value is -0.980. The highest BCUT2D eigenvalue weighted by atomic mass is 79.9. The van der Waals surface area contributed by atoms with Crippen molar-refractivity contribution in [2.24, 2.45) is 11.7 Å². The van der Waals surface area contributed by atoms with E-state index in [0.29, 0.717) is 12.5 Å². The van der Waals surface area contributed by atoms with Crippen LogP contribution in [0.4, 0.5) is 5.69 Å². The standard InChI is InChI=1S/C14H22BrN3O2/c1-10(2)14(16)4-5-17(3)9-11-6-12(15)8-13(7-11)18(19)20/h6-8,10,14H,4-5,9,16H2,1-3H3. The Labute approximate surface area is 128 Å². The van der Waals surface area contributed by atoms with Gasteiger partial charge < -0.3 is 10.6 Å². The molecule has 0 aliphatic carbocycles. The lowest BCUT2D eigenvalue weighted by molar-refractivity contribution is -0.385. The van der Waals surface area contributed by atoms with Crippen LogP contribution in [0.3, 0.4) is 0 Å². The van der Waals surface area contributed by atoms with Gasteiger partial charge in [0.25, 0.3) is 5.69 Å². The molecule has 1 rings (SSSR count). The Bertz CT molecular complexity index is 466. The van der Waals surface area contributed by atoms with Gasteiger partial charge in [-0.3, -0.25) is 10.1 Å². The number of nitrogens with zero attached hydrogens (tertiary/aromatic N) is 2. The molecule has 0 aliphatic rings. The van der Waals surface area contributed by atoms with E-state index in [-0.39, 0.29) is 16.7 Å². The van der Waals surface area contributed by atoms with Gasteiger partial charge in [-0.15, -0.1) is 0 Å². The van der Waals surface area contributed by atoms with Gasteiger partial charge in [-0.1, -0.05) is 29.8 Å². The monoisotopic (exact) mass is 343 g/mol. The highest BCUT2D eigenvalue weighted by Gasteiger charge is 2.12. The van der Waals surface area contributed by atoms with Crippen LogP contribution in [-0.2, 0) is 6.54 Å². The van der Waals surface area contributed by atoms with Crippen molar-refractivity contribution in [3.05, 3.63) is 38.3 Å². The van der Waals surface area contributed by atoms with Gasteiger partial charge in [-0.25, -0.2) is 0 Å². The topological polar surface area (TPSA) is 72.4 Å². The Kier molecular flexibility index (Phi) is 6.58. The van der Waals surface area contributed by atoms with Crippen LogP contribution in [0.15, 0.2) is 22.7 Å². The fraction of sp³-hybridized carbons (Fsp3) is 0.571. The number of hydrogen-bond acceptors (Lipinski definition) is 4. The Morgan fingerprint density at radius 1 is 1.40 bits per heavy atom. The molecule has 0 saturated heterocycles. The number of benzene rings is 1. The first kappa shape index (κ1) is 17.1. The lowest BCUT2D eigenvalue weighted by Crippen LogP contribution is -2.31. The third kappa shape index (κ3) is 5.56. The third-order valence-electron chi connectivity index (χ3n) is 3.31. The lowest BCUT2D eigenvalue weighted by atomic mass is 10.0. The zero-order chi connectivity index (χ0) is 15.3. The molecule has 0 radical (unpaired) electrons. The smallest absolute Gasteiger partial charge is 0.270 e. The van der Waals surface area contributed by atoms with Crippen LogP contribution in [0.5, 0.6) is 0 Å². The van der Waals surface area contributed by atoms with Crippen molar-refractivity contribution in [1.29, 1.82) is 0 Å². The largest absolute Gasteiger partial charge is 0.327 e. The number of non-ortho nitro benzene ring substituents is 1. The summed E-state index contributed by atoms with van der Waals surface area (Å²) in [5.41, 5.74) is 7.06. The minimum atomic E-state index is -0.372. The molecule has 1 aromatic rings. The van der Waals surface area contributed by atoms with E-state index < -0.39 is 0 Å². The average Bonchev–Trinajstić information content (AvgIpc) is 2.34. The first-order chi connectivity index (χ1) is 9.29. The lowest BCUT2D eigenvalue weighted by Gasteiger charge is -2.21. The molecular formula is C14H22BrN3O2. The van der Waals surface area contributed by atoms with Crippen LogP contribution in [0, 0.1) is 16.0 Å². The van der Waals surface area contributed by atoms with E-state index >= 15 is 0 Å². The predicted octanol–water partition coefficient (Wildman–Crippen LogP) is 3.16. The van der Waals surface area contributed by atoms with E-state index in [4.69, 9.17) is 5.73 Å². The summed E-state index contributed by atoms with van der Waals surface area (Å²) < 4.78 is 0.731. The molecule has 1 atom stereocenters. The summed E-state index contributed by atoms with van der Waals surface area (Å²) >= 11 is 3.31. The average molecular weight is 344 g/mol. The minimum Gasteiger partial charge on any atom is -0.327 e. The van der Waals surface area contributed by atoms with E-state index in [9.17, 15) is 10.1 Å². The van der Waals surface area contributed by atoms with Crippen LogP contribution in [0.2, 0.25) is 0 Å². The maximum absolute atomic E-state index is 10.8. The normalized spacial score (nSPS) is 12.9. The summed E-state index contributed by atoms with van der Waals surface area (Å²) in [4.78, 5) is 12.6. The van der Waals surface area contributed by atoms with Crippen LogP contribution in [0.1, 0.15) is 25.8 Å². The molecule has 0 saturated carbocycles. The molecule has 20 heavy (non-hydrogen) atoms. The second kappa shape index (κ2) is 7.71. The van der Waals surface area contributed by atoms with E-state index in [2.05, 4.69) is 34.7 Å². The number of rotatable bonds is 7. The van der Waals surface area contributed by atoms with Crippen LogP contribution < -0.4 is 5.73 Å². The van der Waals surface area contributed by atoms with Gasteiger partial charge in [0.1, 0.15) is 0 Å². The van der Waals surface area contributed by atoms with Crippen LogP contribution >= 0.6 is 15.9 Å². The zero-order valence-corrected chi connectivity index (χ0v) is 13.8. The molecule has 0 heterocycles. The van der Waals surface area contributed by atoms with Crippen molar-refractivity contribution in [3.63, 3.8) is 0 Å². The highest BCUT2D eigenvalue weighted by molar-refractivity contribution is 9.10. The summed E-state index contributed by atoms with van der Waals surface area (Å²) in [7, 11) is 2.00. The van der Waals surface area contributed by atoms with Gasteiger partial charge in [0, 0.05) is 29.2 Å². The fourth-order valence-electron chi connectivity index (χ4n) is 1.92. The van der Waals surface area contributed by atoms with Crippen molar-refractivity contribution < 1.29 is 4.92 Å². The molecule has 0 bridgehead atoms. The maximum Gasteiger partial charge on any atom is 0.270 e. The van der Waals surface area contributed by atoms with Crippen molar-refractivity contribution in [2.45, 2.75) is 32.9 Å². The maximum atomic E-state index is 10.8. The highest BCUT2D eigenvalue weighted by Crippen LogP contribution is 2.22. The van der Waals surface area contributed by atoms with Crippen molar-refractivity contribution in [1.82, 2.24) is 4.90 Å². The molecule has 0 aliphatic heterocycles. The van der Waals surface area contributed by atoms with Crippen LogP contribution in [-0.4, -0.2) is 29.5 Å². The summed E-state index contributed by atoms with van der Waals surface area (Å²) in [5.74, 6) is 0.468. The molecule has 0 fully saturated rings. The molecule has 0 aromatic heterocycles. The molecule has 1 aromatic carbocycles. The number of halogens is 1. The molecule has 5 nitrogen and oxygen atoms in total. The molecule has 0 spiro atoms. The second-order valence-electron chi connectivity index (χ2n) is 5.51. The van der Waals surface area contributed by atoms with Gasteiger partial charge in [-0.05, 0) is 37.6 Å². The molecule has 0 amide bonds. The summed E-state index contributed by atoms with van der Waals surface area (Å²) in [6, 6.07) is 5.22. The van der Waals surface area contributed by atoms with Gasteiger partial charge >= 0.3 is 0 Å². The molecule has 112 valence electrons. The third-order valence-corrected chi connectivity index (χ3v) is 3.76. The first-order valence-electron chi connectivity index (χ1n) is 6.67. The van der Waals surface area contributed by atoms with E-state index in [1.807, 2.05) is 13.1 Å². The van der Waals surface area contributed by atoms with E-state index in [1.54, 1.807) is 6.07 Å². The predicted molar refractivity (Wildman–Crippen MR) is 84.6 cm³/mol. The summed E-state index contributed by atoms with van der Waals surface area (Å²) in [6.07, 6.45) is 0.921. The zero-order valence-electron chi connectivity index (χ0n) is 12.2. The van der Waals surface area contributed by atoms with Gasteiger partial charge in [0.05, 0.1) is 4.92 Å². The first-order valence-corrected chi connectivity index (χ1v) is 7.47. The second-order valence-corrected chi connectivity index (χ2v) is 6.42. The quantitative estimate of drug-likeness (QED) is 0.609. The molecular weight excluding hydrogens is 322 g/mol. The van der Waals surface area contributed by atoms with Crippen LogP contribution in [0.25, 0.3) is 0 Å². The molecule has 6 heteroatoms. The van der Waals surface area contributed by atoms with Crippen molar-refractivity contribution in [3.8, 4) is 0 Å². The summed E-state index contributed by atoms with van der Waals surface area (Å²) in [6.45, 7) is 5.77. The SMILES string of the molecule is CC(C)C(N)CCN(C)Cc1cc(Br)cc([N+](=O)[O-])c1. The fourth-order valence-corrected chi connectivity index (χ4v) is 2.45. The summed E-state index contributed by atoms with van der Waals surface area (Å²) in [5, 5.41) is 10.8. The van der Waals surface area contributed by atoms with Gasteiger partial charge in [0.15, 0.2) is 0 Å².